The maximum absolute atomic E-state index is 12.9. The van der Waals surface area contributed by atoms with E-state index in [4.69, 9.17) is 16.6 Å². The largest absolute Gasteiger partial charge is 0.342 e. The summed E-state index contributed by atoms with van der Waals surface area (Å²) in [6.07, 6.45) is 4.28. The highest BCUT2D eigenvalue weighted by Crippen LogP contribution is 2.27. The number of benzene rings is 2. The molecule has 1 fully saturated rings. The molecule has 2 aromatic carbocycles. The van der Waals surface area contributed by atoms with E-state index in [1.54, 1.807) is 0 Å². The molecule has 6 nitrogen and oxygen atoms in total. The molecule has 7 heteroatoms. The first-order valence-electron chi connectivity index (χ1n) is 10.0. The van der Waals surface area contributed by atoms with Crippen LogP contribution in [0.15, 0.2) is 48.7 Å². The summed E-state index contributed by atoms with van der Waals surface area (Å²) in [6, 6.07) is 13.8. The van der Waals surface area contributed by atoms with E-state index in [9.17, 15) is 4.79 Å². The Morgan fingerprint density at radius 1 is 1.24 bits per heavy atom. The predicted molar refractivity (Wildman–Crippen MR) is 114 cm³/mol. The Hall–Kier alpha value is -2.86. The molecule has 1 aliphatic heterocycles. The van der Waals surface area contributed by atoms with E-state index < -0.39 is 0 Å². The molecule has 148 valence electrons. The Bertz CT molecular complexity index is 1150. The fourth-order valence-corrected chi connectivity index (χ4v) is 4.34. The number of carbonyl (C=O) groups is 1. The van der Waals surface area contributed by atoms with E-state index in [2.05, 4.69) is 10.1 Å². The fraction of sp³-hybridized carbons (Fsp3) is 0.318. The highest BCUT2D eigenvalue weighted by molar-refractivity contribution is 6.31. The zero-order valence-electron chi connectivity index (χ0n) is 16.0. The van der Waals surface area contributed by atoms with E-state index in [-0.39, 0.29) is 11.8 Å². The van der Waals surface area contributed by atoms with Gasteiger partial charge in [0, 0.05) is 35.8 Å². The minimum Gasteiger partial charge on any atom is -0.342 e. The van der Waals surface area contributed by atoms with Gasteiger partial charge >= 0.3 is 0 Å². The van der Waals surface area contributed by atoms with Gasteiger partial charge in [-0.15, -0.1) is 0 Å². The zero-order valence-corrected chi connectivity index (χ0v) is 16.8. The molecule has 0 aliphatic carbocycles. The van der Waals surface area contributed by atoms with Crippen LogP contribution in [0.1, 0.15) is 31.0 Å². The number of aryl methyl sites for hydroxylation is 1. The van der Waals surface area contributed by atoms with Gasteiger partial charge in [-0.1, -0.05) is 23.7 Å². The molecule has 5 rings (SSSR count). The van der Waals surface area contributed by atoms with Crippen LogP contribution in [0.25, 0.3) is 21.9 Å². The third kappa shape index (κ3) is 3.60. The van der Waals surface area contributed by atoms with E-state index in [0.29, 0.717) is 24.5 Å². The quantitative estimate of drug-likeness (QED) is 0.546. The van der Waals surface area contributed by atoms with Crippen LogP contribution in [0, 0.1) is 0 Å². The number of piperidine rings is 1. The second-order valence-electron chi connectivity index (χ2n) is 7.64. The number of H-pyrrole nitrogens is 1. The topological polar surface area (TPSA) is 66.8 Å². The van der Waals surface area contributed by atoms with Crippen molar-refractivity contribution in [1.29, 1.82) is 0 Å². The summed E-state index contributed by atoms with van der Waals surface area (Å²) in [5.74, 6) is 1.40. The van der Waals surface area contributed by atoms with E-state index >= 15 is 0 Å². The van der Waals surface area contributed by atoms with Gasteiger partial charge in [0.1, 0.15) is 5.82 Å². The highest BCUT2D eigenvalue weighted by Gasteiger charge is 2.26. The molecule has 1 N–H and O–H groups in total. The van der Waals surface area contributed by atoms with Crippen LogP contribution >= 0.6 is 11.6 Å². The number of rotatable bonds is 4. The van der Waals surface area contributed by atoms with E-state index in [1.165, 1.54) is 0 Å². The average Bonchev–Trinajstić information content (AvgIpc) is 3.36. The number of nitrogens with zero attached hydrogens (tertiary/aromatic N) is 4. The summed E-state index contributed by atoms with van der Waals surface area (Å²) in [6.45, 7) is 2.07. The number of para-hydroxylation sites is 2. The first kappa shape index (κ1) is 18.2. The van der Waals surface area contributed by atoms with Gasteiger partial charge in [-0.25, -0.2) is 4.98 Å². The molecule has 29 heavy (non-hydrogen) atoms. The van der Waals surface area contributed by atoms with Gasteiger partial charge in [-0.2, -0.15) is 5.10 Å². The molecule has 2 aromatic heterocycles. The first-order chi connectivity index (χ1) is 14.2. The molecular weight excluding hydrogens is 386 g/mol. The summed E-state index contributed by atoms with van der Waals surface area (Å²) >= 11 is 6.11. The Morgan fingerprint density at radius 3 is 3.03 bits per heavy atom. The third-order valence-corrected chi connectivity index (χ3v) is 5.95. The number of aromatic amines is 1. The van der Waals surface area contributed by atoms with Crippen LogP contribution < -0.4 is 0 Å². The molecule has 0 radical (unpaired) electrons. The SMILES string of the molecule is O=C(CCn1ncc2ccc(Cl)cc21)N1CCCC(c2nc3ccccc3[nH]2)C1. The number of hydrogen-bond donors (Lipinski definition) is 1. The second-order valence-corrected chi connectivity index (χ2v) is 8.08. The Kier molecular flexibility index (Phi) is 4.72. The number of aromatic nitrogens is 4. The number of carbonyl (C=O) groups excluding carboxylic acids is 1. The zero-order chi connectivity index (χ0) is 19.8. The lowest BCUT2D eigenvalue weighted by atomic mass is 9.97. The fourth-order valence-electron chi connectivity index (χ4n) is 4.17. The van der Waals surface area contributed by atoms with Gasteiger partial charge in [-0.05, 0) is 43.2 Å². The van der Waals surface area contributed by atoms with Crippen LogP contribution in [0.3, 0.4) is 0 Å². The highest BCUT2D eigenvalue weighted by atomic mass is 35.5. The smallest absolute Gasteiger partial charge is 0.224 e. The standard InChI is InChI=1S/C22H22ClN5O/c23-17-8-7-15-13-24-28(20(15)12-17)11-9-21(29)27-10-3-4-16(14-27)22-25-18-5-1-2-6-19(18)26-22/h1-2,5-8,12-13,16H,3-4,9-11,14H2,(H,25,26). The molecule has 0 bridgehead atoms. The Labute approximate surface area is 173 Å². The van der Waals surface area contributed by atoms with Crippen molar-refractivity contribution in [3.8, 4) is 0 Å². The van der Waals surface area contributed by atoms with Crippen molar-refractivity contribution < 1.29 is 4.79 Å². The normalized spacial score (nSPS) is 17.3. The summed E-state index contributed by atoms with van der Waals surface area (Å²) in [7, 11) is 0. The third-order valence-electron chi connectivity index (χ3n) is 5.71. The van der Waals surface area contributed by atoms with Crippen molar-refractivity contribution >= 4 is 39.4 Å². The number of likely N-dealkylation sites (tertiary alicyclic amines) is 1. The number of nitrogens with one attached hydrogen (secondary N) is 1. The lowest BCUT2D eigenvalue weighted by molar-refractivity contribution is -0.132. The van der Waals surface area contributed by atoms with Crippen LogP contribution in [0.2, 0.25) is 5.02 Å². The lowest BCUT2D eigenvalue weighted by Gasteiger charge is -2.32. The number of fused-ring (bicyclic) bond motifs is 2. The van der Waals surface area contributed by atoms with E-state index in [0.717, 1.165) is 47.1 Å². The molecule has 1 aliphatic rings. The summed E-state index contributed by atoms with van der Waals surface area (Å²) in [4.78, 5) is 23.0. The first-order valence-corrected chi connectivity index (χ1v) is 10.4. The van der Waals surface area contributed by atoms with Gasteiger partial charge in [0.25, 0.3) is 0 Å². The maximum atomic E-state index is 12.9. The van der Waals surface area contributed by atoms with Crippen molar-refractivity contribution in [3.63, 3.8) is 0 Å². The Balaban J connectivity index is 1.26. The average molecular weight is 408 g/mol. The maximum Gasteiger partial charge on any atom is 0.224 e. The molecule has 0 spiro atoms. The van der Waals surface area contributed by atoms with Gasteiger partial charge in [0.15, 0.2) is 0 Å². The van der Waals surface area contributed by atoms with Gasteiger partial charge in [-0.3, -0.25) is 9.48 Å². The number of halogens is 1. The second kappa shape index (κ2) is 7.52. The number of imidazole rings is 1. The molecular formula is C22H22ClN5O. The van der Waals surface area contributed by atoms with Crippen molar-refractivity contribution in [2.45, 2.75) is 31.7 Å². The molecule has 1 amide bonds. The van der Waals surface area contributed by atoms with Crippen LogP contribution in [0.4, 0.5) is 0 Å². The minimum absolute atomic E-state index is 0.163. The van der Waals surface area contributed by atoms with E-state index in [1.807, 2.05) is 58.2 Å². The molecule has 1 atom stereocenters. The van der Waals surface area contributed by atoms with Crippen LogP contribution in [-0.2, 0) is 11.3 Å². The molecule has 1 saturated heterocycles. The van der Waals surface area contributed by atoms with Gasteiger partial charge in [0.2, 0.25) is 5.91 Å². The summed E-state index contributed by atoms with van der Waals surface area (Å²) < 4.78 is 1.86. The summed E-state index contributed by atoms with van der Waals surface area (Å²) in [5, 5.41) is 6.12. The number of amides is 1. The Morgan fingerprint density at radius 2 is 2.14 bits per heavy atom. The van der Waals surface area contributed by atoms with Gasteiger partial charge < -0.3 is 9.88 Å². The minimum atomic E-state index is 0.163. The number of hydrogen-bond acceptors (Lipinski definition) is 3. The predicted octanol–water partition coefficient (Wildman–Crippen LogP) is 4.36. The van der Waals surface area contributed by atoms with Crippen molar-refractivity contribution in [3.05, 3.63) is 59.5 Å². The van der Waals surface area contributed by atoms with Gasteiger partial charge in [0.05, 0.1) is 29.3 Å². The lowest BCUT2D eigenvalue weighted by Crippen LogP contribution is -2.39. The van der Waals surface area contributed by atoms with Crippen molar-refractivity contribution in [1.82, 2.24) is 24.6 Å². The molecule has 1 unspecified atom stereocenters. The molecule has 0 saturated carbocycles. The molecule has 3 heterocycles. The summed E-state index contributed by atoms with van der Waals surface area (Å²) in [5.41, 5.74) is 2.99. The van der Waals surface area contributed by atoms with Crippen molar-refractivity contribution in [2.75, 3.05) is 13.1 Å². The molecule has 4 aromatic rings. The van der Waals surface area contributed by atoms with Crippen LogP contribution in [-0.4, -0.2) is 43.6 Å². The monoisotopic (exact) mass is 407 g/mol. The van der Waals surface area contributed by atoms with Crippen LogP contribution in [0.5, 0.6) is 0 Å². The van der Waals surface area contributed by atoms with Crippen molar-refractivity contribution in [2.24, 2.45) is 0 Å².